The molecule has 0 amide bonds. The van der Waals surface area contributed by atoms with Crippen molar-refractivity contribution in [1.82, 2.24) is 10.2 Å². The van der Waals surface area contributed by atoms with E-state index in [4.69, 9.17) is 21.8 Å². The molecular weight excluding hydrogens is 526 g/mol. The van der Waals surface area contributed by atoms with Crippen molar-refractivity contribution in [1.29, 1.82) is 5.26 Å². The number of Topliss-reactive ketones (excluding diaryl/α,β-unsaturated/α-hetero) is 1. The number of carbonyl (C=O) groups is 1. The Morgan fingerprint density at radius 1 is 1.27 bits per heavy atom. The number of nitrogens with two attached hydrogens (primary N) is 1. The first kappa shape index (κ1) is 25.6. The van der Waals surface area contributed by atoms with Crippen molar-refractivity contribution in [2.24, 2.45) is 11.1 Å². The molecule has 3 heterocycles. The molecule has 2 aliphatic rings. The summed E-state index contributed by atoms with van der Waals surface area (Å²) in [7, 11) is 0. The molecule has 1 aromatic carbocycles. The number of hydrogen-bond acceptors (Lipinski definition) is 9. The summed E-state index contributed by atoms with van der Waals surface area (Å²) in [6.45, 7) is 8.30. The van der Waals surface area contributed by atoms with Crippen LogP contribution in [-0.2, 0) is 4.79 Å². The van der Waals surface area contributed by atoms with Gasteiger partial charge in [0.2, 0.25) is 5.13 Å². The average Bonchev–Trinajstić information content (AvgIpc) is 3.47. The van der Waals surface area contributed by atoms with Gasteiger partial charge in [-0.25, -0.2) is 0 Å². The van der Waals surface area contributed by atoms with Gasteiger partial charge in [0.1, 0.15) is 17.3 Å². The van der Waals surface area contributed by atoms with Gasteiger partial charge in [-0.1, -0.05) is 74.5 Å². The molecule has 0 spiro atoms. The van der Waals surface area contributed by atoms with E-state index in [1.54, 1.807) is 28.8 Å². The van der Waals surface area contributed by atoms with Crippen LogP contribution in [0.1, 0.15) is 52.2 Å². The first-order valence-corrected chi connectivity index (χ1v) is 14.0. The van der Waals surface area contributed by atoms with Gasteiger partial charge in [0, 0.05) is 33.5 Å². The van der Waals surface area contributed by atoms with Crippen LogP contribution in [0, 0.1) is 16.7 Å². The van der Waals surface area contributed by atoms with Gasteiger partial charge in [-0.05, 0) is 36.1 Å². The summed E-state index contributed by atoms with van der Waals surface area (Å²) in [6.07, 6.45) is 0.958. The maximum Gasteiger partial charge on any atom is 0.219 e. The molecule has 3 aromatic rings. The minimum atomic E-state index is -0.704. The van der Waals surface area contributed by atoms with Crippen LogP contribution >= 0.6 is 34.7 Å². The summed E-state index contributed by atoms with van der Waals surface area (Å²) < 4.78 is 7.05. The molecule has 0 saturated carbocycles. The van der Waals surface area contributed by atoms with Crippen LogP contribution in [0.15, 0.2) is 67.8 Å². The lowest BCUT2D eigenvalue weighted by Crippen LogP contribution is -2.42. The lowest BCUT2D eigenvalue weighted by Gasteiger charge is -2.42. The highest BCUT2D eigenvalue weighted by Gasteiger charge is 2.46. The zero-order valence-corrected chi connectivity index (χ0v) is 23.3. The highest BCUT2D eigenvalue weighted by molar-refractivity contribution is 8.01. The SMILES string of the molecule is CC(C)Sc1nnc(N2C(N)=C(C#N)[C@@H](c3ccc(-c4cccc(Cl)c4)o3)C3=C2CC(C)(C)CC3=O)s1. The van der Waals surface area contributed by atoms with Gasteiger partial charge in [0.05, 0.1) is 17.6 Å². The highest BCUT2D eigenvalue weighted by atomic mass is 35.5. The summed E-state index contributed by atoms with van der Waals surface area (Å²) in [5, 5.41) is 20.5. The first-order chi connectivity index (χ1) is 17.6. The van der Waals surface area contributed by atoms with Crippen LogP contribution < -0.4 is 10.6 Å². The number of furan rings is 1. The number of benzene rings is 1. The van der Waals surface area contributed by atoms with Gasteiger partial charge >= 0.3 is 0 Å². The van der Waals surface area contributed by atoms with E-state index < -0.39 is 5.92 Å². The number of allylic oxidation sites excluding steroid dienone is 3. The lowest BCUT2D eigenvalue weighted by atomic mass is 9.69. The molecule has 0 fully saturated rings. The summed E-state index contributed by atoms with van der Waals surface area (Å²) >= 11 is 9.19. The number of thioether (sulfide) groups is 1. The Labute approximate surface area is 229 Å². The molecule has 0 radical (unpaired) electrons. The van der Waals surface area contributed by atoms with Gasteiger partial charge in [-0.3, -0.25) is 9.69 Å². The van der Waals surface area contributed by atoms with E-state index in [2.05, 4.69) is 44.0 Å². The number of ketones is 1. The van der Waals surface area contributed by atoms with Gasteiger partial charge in [0.15, 0.2) is 10.1 Å². The van der Waals surface area contributed by atoms with Crippen LogP contribution in [0.3, 0.4) is 0 Å². The Morgan fingerprint density at radius 3 is 2.76 bits per heavy atom. The second-order valence-electron chi connectivity index (χ2n) is 10.2. The topological polar surface area (TPSA) is 109 Å². The van der Waals surface area contributed by atoms with Crippen molar-refractivity contribution in [3.63, 3.8) is 0 Å². The van der Waals surface area contributed by atoms with Crippen molar-refractivity contribution >= 4 is 45.6 Å². The van der Waals surface area contributed by atoms with Crippen LogP contribution in [0.5, 0.6) is 0 Å². The van der Waals surface area contributed by atoms with Gasteiger partial charge in [-0.2, -0.15) is 5.26 Å². The Morgan fingerprint density at radius 2 is 2.05 bits per heavy atom. The molecule has 190 valence electrons. The number of halogens is 1. The zero-order chi connectivity index (χ0) is 26.5. The monoisotopic (exact) mass is 551 g/mol. The van der Waals surface area contributed by atoms with Crippen molar-refractivity contribution in [3.05, 3.63) is 69.8 Å². The molecule has 2 N–H and O–H groups in total. The largest absolute Gasteiger partial charge is 0.460 e. The zero-order valence-electron chi connectivity index (χ0n) is 20.9. The Bertz CT molecular complexity index is 1490. The lowest BCUT2D eigenvalue weighted by molar-refractivity contribution is -0.118. The van der Waals surface area contributed by atoms with Crippen LogP contribution in [0.25, 0.3) is 11.3 Å². The predicted molar refractivity (Wildman–Crippen MR) is 147 cm³/mol. The van der Waals surface area contributed by atoms with Crippen molar-refractivity contribution in [3.8, 4) is 17.4 Å². The minimum absolute atomic E-state index is 0.0245. The number of aromatic nitrogens is 2. The molecule has 37 heavy (non-hydrogen) atoms. The molecule has 0 saturated heterocycles. The normalized spacial score (nSPS) is 19.4. The van der Waals surface area contributed by atoms with E-state index >= 15 is 0 Å². The predicted octanol–water partition coefficient (Wildman–Crippen LogP) is 6.89. The van der Waals surface area contributed by atoms with Gasteiger partial charge in [-0.15, -0.1) is 10.2 Å². The maximum absolute atomic E-state index is 13.7. The van der Waals surface area contributed by atoms with Crippen molar-refractivity contribution in [2.45, 2.75) is 56.0 Å². The number of carbonyl (C=O) groups excluding carboxylic acids is 1. The molecular formula is C27H26ClN5O2S2. The molecule has 1 aliphatic heterocycles. The Kier molecular flexibility index (Phi) is 6.69. The molecule has 7 nitrogen and oxygen atoms in total. The van der Waals surface area contributed by atoms with Crippen molar-refractivity contribution in [2.75, 3.05) is 4.90 Å². The maximum atomic E-state index is 13.7. The second-order valence-corrected chi connectivity index (χ2v) is 13.4. The third-order valence-electron chi connectivity index (χ3n) is 6.33. The summed E-state index contributed by atoms with van der Waals surface area (Å²) in [5.74, 6) is 0.604. The van der Waals surface area contributed by atoms with E-state index in [1.807, 2.05) is 24.3 Å². The standard InChI is InChI=1S/C27H26ClN5O2S2/c1-14(2)36-26-32-31-25(37-26)33-18-11-27(3,4)12-19(34)23(18)22(17(13-29)24(33)30)21-9-8-20(35-21)15-6-5-7-16(28)10-15/h5-10,14,22H,11-12,30H2,1-4H3/t22-/m0/s1. The number of nitrogens with zero attached hydrogens (tertiary/aromatic N) is 4. The number of nitriles is 1. The summed E-state index contributed by atoms with van der Waals surface area (Å²) in [4.78, 5) is 15.4. The molecule has 0 bridgehead atoms. The highest BCUT2D eigenvalue weighted by Crippen LogP contribution is 2.51. The van der Waals surface area contributed by atoms with Gasteiger partial charge in [0.25, 0.3) is 0 Å². The molecule has 1 atom stereocenters. The number of hydrogen-bond donors (Lipinski definition) is 1. The Hall–Kier alpha value is -3.06. The van der Waals surface area contributed by atoms with Crippen LogP contribution in [0.4, 0.5) is 5.13 Å². The van der Waals surface area contributed by atoms with Gasteiger partial charge < -0.3 is 10.2 Å². The van der Waals surface area contributed by atoms with Crippen molar-refractivity contribution < 1.29 is 9.21 Å². The molecule has 2 aromatic heterocycles. The number of anilines is 1. The molecule has 1 aliphatic carbocycles. The average molecular weight is 552 g/mol. The van der Waals surface area contributed by atoms with E-state index in [1.165, 1.54) is 11.3 Å². The van der Waals surface area contributed by atoms with E-state index in [9.17, 15) is 10.1 Å². The van der Waals surface area contributed by atoms with Crippen LogP contribution in [-0.4, -0.2) is 21.2 Å². The summed E-state index contributed by atoms with van der Waals surface area (Å²) in [5.41, 5.74) is 8.76. The van der Waals surface area contributed by atoms with E-state index in [0.29, 0.717) is 45.3 Å². The Balaban J connectivity index is 1.66. The third kappa shape index (κ3) is 4.81. The molecule has 5 rings (SSSR count). The minimum Gasteiger partial charge on any atom is -0.460 e. The fourth-order valence-electron chi connectivity index (χ4n) is 4.86. The second kappa shape index (κ2) is 9.67. The summed E-state index contributed by atoms with van der Waals surface area (Å²) in [6, 6.07) is 13.2. The molecule has 10 heteroatoms. The third-order valence-corrected chi connectivity index (χ3v) is 8.56. The number of rotatable bonds is 5. The smallest absolute Gasteiger partial charge is 0.219 e. The van der Waals surface area contributed by atoms with E-state index in [0.717, 1.165) is 15.6 Å². The quantitative estimate of drug-likeness (QED) is 0.341. The van der Waals surface area contributed by atoms with Crippen LogP contribution in [0.2, 0.25) is 5.02 Å². The fourth-order valence-corrected chi connectivity index (χ4v) is 7.15. The molecule has 0 unspecified atom stereocenters. The fraction of sp³-hybridized carbons (Fsp3) is 0.333. The van der Waals surface area contributed by atoms with E-state index in [-0.39, 0.29) is 22.6 Å². The first-order valence-electron chi connectivity index (χ1n) is 11.9.